The number of aromatic nitrogens is 2. The van der Waals surface area contributed by atoms with Crippen molar-refractivity contribution in [3.8, 4) is 5.82 Å². The van der Waals surface area contributed by atoms with E-state index in [1.54, 1.807) is 17.1 Å². The number of carbonyl (C=O) groups excluding carboxylic acids is 1. The van der Waals surface area contributed by atoms with Gasteiger partial charge in [-0.25, -0.2) is 8.42 Å². The Morgan fingerprint density at radius 3 is 2.39 bits per heavy atom. The van der Waals surface area contributed by atoms with Crippen LogP contribution in [0, 0.1) is 20.8 Å². The van der Waals surface area contributed by atoms with Crippen LogP contribution in [0.25, 0.3) is 11.9 Å². The molecule has 4 rings (SSSR count). The van der Waals surface area contributed by atoms with Crippen LogP contribution in [0.1, 0.15) is 28.3 Å². The Morgan fingerprint density at radius 1 is 1.06 bits per heavy atom. The topological polar surface area (TPSA) is 88.7 Å². The first kappa shape index (κ1) is 23.0. The van der Waals surface area contributed by atoms with Gasteiger partial charge in [0.15, 0.2) is 5.82 Å². The summed E-state index contributed by atoms with van der Waals surface area (Å²) in [7, 11) is -3.41. The average molecular weight is 469 g/mol. The Hall–Kier alpha value is -3.17. The van der Waals surface area contributed by atoms with Crippen molar-refractivity contribution in [2.24, 2.45) is 0 Å². The predicted molar refractivity (Wildman–Crippen MR) is 126 cm³/mol. The van der Waals surface area contributed by atoms with E-state index < -0.39 is 10.0 Å². The normalized spacial score (nSPS) is 15.4. The van der Waals surface area contributed by atoms with Gasteiger partial charge in [-0.2, -0.15) is 4.31 Å². The highest BCUT2D eigenvalue weighted by atomic mass is 32.2. The van der Waals surface area contributed by atoms with Crippen LogP contribution in [0.5, 0.6) is 0 Å². The molecule has 3 aromatic rings. The first-order chi connectivity index (χ1) is 15.7. The van der Waals surface area contributed by atoms with Crippen LogP contribution in [0.4, 0.5) is 0 Å². The molecule has 0 N–H and O–H groups in total. The Kier molecular flexibility index (Phi) is 6.53. The number of rotatable bonds is 6. The van der Waals surface area contributed by atoms with Gasteiger partial charge in [-0.1, -0.05) is 35.5 Å². The van der Waals surface area contributed by atoms with E-state index in [0.29, 0.717) is 32.0 Å². The minimum absolute atomic E-state index is 0.0254. The van der Waals surface area contributed by atoms with Gasteiger partial charge in [-0.15, -0.1) is 0 Å². The molecule has 0 spiro atoms. The van der Waals surface area contributed by atoms with Gasteiger partial charge >= 0.3 is 0 Å². The van der Waals surface area contributed by atoms with Crippen molar-refractivity contribution < 1.29 is 17.7 Å². The molecule has 174 valence electrons. The van der Waals surface area contributed by atoms with E-state index in [1.807, 2.05) is 67.8 Å². The zero-order valence-corrected chi connectivity index (χ0v) is 19.9. The second-order valence-electron chi connectivity index (χ2n) is 8.26. The van der Waals surface area contributed by atoms with Crippen LogP contribution < -0.4 is 0 Å². The number of hydrogen-bond acceptors (Lipinski definition) is 5. The lowest BCUT2D eigenvalue weighted by Gasteiger charge is -2.33. The largest absolute Gasteiger partial charge is 0.360 e. The number of nitrogens with zero attached hydrogens (tertiary/aromatic N) is 4. The Labute approximate surface area is 194 Å². The third-order valence-electron chi connectivity index (χ3n) is 5.86. The van der Waals surface area contributed by atoms with Crippen molar-refractivity contribution in [1.29, 1.82) is 0 Å². The second-order valence-corrected chi connectivity index (χ2v) is 10.2. The Balaban J connectivity index is 1.38. The molecule has 1 aliphatic rings. The number of amides is 1. The van der Waals surface area contributed by atoms with Crippen molar-refractivity contribution in [1.82, 2.24) is 18.9 Å². The van der Waals surface area contributed by atoms with Crippen LogP contribution in [-0.2, 0) is 20.6 Å². The van der Waals surface area contributed by atoms with E-state index in [0.717, 1.165) is 28.3 Å². The maximum Gasteiger partial charge on any atom is 0.246 e. The fourth-order valence-electron chi connectivity index (χ4n) is 4.10. The molecule has 1 aromatic carbocycles. The second kappa shape index (κ2) is 9.36. The summed E-state index contributed by atoms with van der Waals surface area (Å²) in [6.07, 6.45) is 3.35. The van der Waals surface area contributed by atoms with Crippen LogP contribution in [0.3, 0.4) is 0 Å². The van der Waals surface area contributed by atoms with Gasteiger partial charge < -0.3 is 9.42 Å². The van der Waals surface area contributed by atoms with E-state index in [1.165, 1.54) is 4.31 Å². The highest BCUT2D eigenvalue weighted by Gasteiger charge is 2.28. The Bertz CT molecular complexity index is 1270. The van der Waals surface area contributed by atoms with E-state index in [2.05, 4.69) is 5.16 Å². The number of aryl methyl sites for hydroxylation is 2. The fourth-order valence-corrected chi connectivity index (χ4v) is 5.61. The lowest BCUT2D eigenvalue weighted by atomic mass is 10.2. The molecule has 0 saturated carbocycles. The van der Waals surface area contributed by atoms with Gasteiger partial charge in [-0.3, -0.25) is 9.36 Å². The van der Waals surface area contributed by atoms with Gasteiger partial charge in [-0.05, 0) is 44.0 Å². The van der Waals surface area contributed by atoms with E-state index in [4.69, 9.17) is 4.52 Å². The number of carbonyl (C=O) groups is 1. The third-order valence-corrected chi connectivity index (χ3v) is 7.71. The van der Waals surface area contributed by atoms with Crippen LogP contribution in [0.15, 0.2) is 53.1 Å². The van der Waals surface area contributed by atoms with Crippen LogP contribution in [-0.4, -0.2) is 59.4 Å². The molecule has 1 fully saturated rings. The average Bonchev–Trinajstić information content (AvgIpc) is 3.34. The monoisotopic (exact) mass is 468 g/mol. The van der Waals surface area contributed by atoms with Gasteiger partial charge in [0.2, 0.25) is 15.9 Å². The molecule has 0 unspecified atom stereocenters. The minimum atomic E-state index is -3.41. The summed E-state index contributed by atoms with van der Waals surface area (Å²) in [5, 5.41) is 4.08. The number of piperazine rings is 1. The molecule has 3 heterocycles. The summed E-state index contributed by atoms with van der Waals surface area (Å²) in [4.78, 5) is 14.4. The lowest BCUT2D eigenvalue weighted by Crippen LogP contribution is -2.50. The van der Waals surface area contributed by atoms with Crippen molar-refractivity contribution in [3.05, 3.63) is 76.8 Å². The molecule has 1 saturated heterocycles. The smallest absolute Gasteiger partial charge is 0.246 e. The maximum absolute atomic E-state index is 12.7. The molecular weight excluding hydrogens is 440 g/mol. The summed E-state index contributed by atoms with van der Waals surface area (Å²) in [5.41, 5.74) is 3.63. The lowest BCUT2D eigenvalue weighted by molar-refractivity contribution is -0.127. The molecule has 1 aliphatic heterocycles. The van der Waals surface area contributed by atoms with Crippen molar-refractivity contribution in [3.63, 3.8) is 0 Å². The van der Waals surface area contributed by atoms with Crippen molar-refractivity contribution >= 4 is 22.0 Å². The molecule has 0 radical (unpaired) electrons. The van der Waals surface area contributed by atoms with Gasteiger partial charge in [0, 0.05) is 49.7 Å². The Morgan fingerprint density at radius 2 is 1.76 bits per heavy atom. The van der Waals surface area contributed by atoms with Gasteiger partial charge in [0.1, 0.15) is 5.76 Å². The third kappa shape index (κ3) is 5.09. The number of sulfonamides is 1. The summed E-state index contributed by atoms with van der Waals surface area (Å²) >= 11 is 0. The molecule has 8 nitrogen and oxygen atoms in total. The minimum Gasteiger partial charge on any atom is -0.360 e. The van der Waals surface area contributed by atoms with Crippen molar-refractivity contribution in [2.75, 3.05) is 26.2 Å². The molecule has 0 aliphatic carbocycles. The van der Waals surface area contributed by atoms with Crippen LogP contribution in [0.2, 0.25) is 0 Å². The van der Waals surface area contributed by atoms with Crippen molar-refractivity contribution in [2.45, 2.75) is 26.5 Å². The number of hydrogen-bond donors (Lipinski definition) is 0. The standard InChI is InChI=1S/C24H28N4O4S/c1-18-15-22(20(3)28(18)23-16-19(2)32-25-23)9-10-24(29)26-11-13-27(14-12-26)33(30,31)17-21-7-5-4-6-8-21/h4-10,15-16H,11-14,17H2,1-3H3/b10-9+. The molecule has 9 heteroatoms. The highest BCUT2D eigenvalue weighted by molar-refractivity contribution is 7.88. The summed E-state index contributed by atoms with van der Waals surface area (Å²) < 4.78 is 34.1. The highest BCUT2D eigenvalue weighted by Crippen LogP contribution is 2.22. The molecule has 1 amide bonds. The number of benzene rings is 1. The molecular formula is C24H28N4O4S. The SMILES string of the molecule is Cc1cc(-n2c(C)cc(/C=C/C(=O)N3CCN(S(=O)(=O)Cc4ccccc4)CC3)c2C)no1. The summed E-state index contributed by atoms with van der Waals surface area (Å²) in [6.45, 7) is 7.13. The van der Waals surface area contributed by atoms with Gasteiger partial charge in [0.25, 0.3) is 0 Å². The summed E-state index contributed by atoms with van der Waals surface area (Å²) in [5.74, 6) is 1.29. The predicted octanol–water partition coefficient (Wildman–Crippen LogP) is 3.08. The zero-order valence-electron chi connectivity index (χ0n) is 19.1. The van der Waals surface area contributed by atoms with Gasteiger partial charge in [0.05, 0.1) is 5.75 Å². The molecule has 33 heavy (non-hydrogen) atoms. The van der Waals surface area contributed by atoms with Crippen LogP contribution >= 0.6 is 0 Å². The first-order valence-electron chi connectivity index (χ1n) is 10.9. The molecule has 0 atom stereocenters. The van der Waals surface area contributed by atoms with E-state index >= 15 is 0 Å². The maximum atomic E-state index is 12.7. The van der Waals surface area contributed by atoms with E-state index in [9.17, 15) is 13.2 Å². The fraction of sp³-hybridized carbons (Fsp3) is 0.333. The molecule has 0 bridgehead atoms. The summed E-state index contributed by atoms with van der Waals surface area (Å²) in [6, 6.07) is 13.0. The zero-order chi connectivity index (χ0) is 23.6. The van der Waals surface area contributed by atoms with E-state index in [-0.39, 0.29) is 11.7 Å². The first-order valence-corrected chi connectivity index (χ1v) is 12.5. The molecule has 2 aromatic heterocycles. The quantitative estimate of drug-likeness (QED) is 0.519.